The van der Waals surface area contributed by atoms with E-state index in [-0.39, 0.29) is 168 Å². The summed E-state index contributed by atoms with van der Waals surface area (Å²) in [6.07, 6.45) is 0. The Labute approximate surface area is 569 Å². The second-order valence-corrected chi connectivity index (χ2v) is 18.2. The minimum absolute atomic E-state index is 0. The van der Waals surface area contributed by atoms with Crippen LogP contribution in [0.1, 0.15) is 194 Å². The van der Waals surface area contributed by atoms with Crippen LogP contribution < -0.4 is 168 Å². The van der Waals surface area contributed by atoms with E-state index in [1.165, 1.54) is 215 Å². The fourth-order valence-electron chi connectivity index (χ4n) is 9.39. The fourth-order valence-corrected chi connectivity index (χ4v) is 9.39. The summed E-state index contributed by atoms with van der Waals surface area (Å²) in [6.45, 7) is 99.6. The highest BCUT2D eigenvalue weighted by molar-refractivity contribution is 4.36. The molecule has 0 rings (SSSR count). The van der Waals surface area contributed by atoms with E-state index in [1.54, 1.807) is 0 Å². The molecule has 0 aromatic rings. The largest absolute Gasteiger partial charge is 1.00 e. The van der Waals surface area contributed by atoms with Crippen LogP contribution in [0.4, 0.5) is 0 Å². The third kappa shape index (κ3) is 47.6. The van der Waals surface area contributed by atoms with Crippen LogP contribution in [0.5, 0.6) is 0 Å². The Morgan fingerprint density at radius 2 is 0.129 bits per heavy atom. The molecule has 0 unspecified atom stereocenters. The van der Waals surface area contributed by atoms with E-state index < -0.39 is 0 Å². The summed E-state index contributed by atoms with van der Waals surface area (Å²) in [4.78, 5) is 0. The molecule has 7 nitrogen and oxygen atoms in total. The highest BCUT2D eigenvalue weighted by Gasteiger charge is 2.20. The van der Waals surface area contributed by atoms with Gasteiger partial charge in [0, 0.05) is 0 Å². The van der Waals surface area contributed by atoms with Gasteiger partial charge in [-0.15, -0.1) is 0 Å². The van der Waals surface area contributed by atoms with Gasteiger partial charge in [0.1, 0.15) is 0 Å². The van der Waals surface area contributed by atoms with Crippen molar-refractivity contribution in [3.8, 4) is 0 Å². The highest BCUT2D eigenvalue weighted by atomic mass is 127. The number of halogens is 7. The van der Waals surface area contributed by atoms with Crippen LogP contribution in [0.2, 0.25) is 0 Å². The van der Waals surface area contributed by atoms with Crippen LogP contribution in [-0.2, 0) is 0 Å². The molecule has 0 atom stereocenters. The molecule has 0 aliphatic heterocycles. The van der Waals surface area contributed by atoms with Gasteiger partial charge in [-0.3, -0.25) is 0 Å². The quantitative estimate of drug-likeness (QED) is 0.0541. The molecule has 0 aliphatic carbocycles. The maximum atomic E-state index is 2.27. The van der Waals surface area contributed by atoms with Gasteiger partial charge in [-0.2, -0.15) is 0 Å². The lowest BCUT2D eigenvalue weighted by atomic mass is 10.3. The number of hydrogen-bond acceptors (Lipinski definition) is 0. The van der Waals surface area contributed by atoms with Crippen molar-refractivity contribution in [1.82, 2.24) is 0 Å². The smallest absolute Gasteiger partial charge is 0.0757 e. The molecule has 14 heteroatoms. The van der Waals surface area contributed by atoms with Crippen molar-refractivity contribution in [3.05, 3.63) is 0 Å². The summed E-state index contributed by atoms with van der Waals surface area (Å²) >= 11 is 0. The normalized spacial score (nSPS) is 10.8. The third-order valence-electron chi connectivity index (χ3n) is 18.8. The van der Waals surface area contributed by atoms with Crippen LogP contribution in [0.3, 0.4) is 0 Å². The second-order valence-electron chi connectivity index (χ2n) is 18.2. The van der Waals surface area contributed by atoms with Crippen molar-refractivity contribution in [2.24, 2.45) is 0 Å². The molecule has 0 N–H and O–H groups in total. The maximum absolute atomic E-state index is 2.27. The zero-order valence-electron chi connectivity index (χ0n) is 53.6. The molecule has 0 amide bonds. The van der Waals surface area contributed by atoms with Crippen molar-refractivity contribution in [3.63, 3.8) is 0 Å². The highest BCUT2D eigenvalue weighted by Crippen LogP contribution is 2.07. The summed E-state index contributed by atoms with van der Waals surface area (Å²) in [5, 5.41) is 0. The topological polar surface area (TPSA) is 0 Å². The van der Waals surface area contributed by atoms with E-state index in [1.807, 2.05) is 0 Å². The standard InChI is InChI=1S/7C8H20N.7HI/c7*1-5-9(6-2,7-3)8-4;;;;;;;/h7*5-8H2,1-4H3;7*1H/q7*+1;;;;;;;/p-7. The van der Waals surface area contributed by atoms with Crippen LogP contribution in [0, 0.1) is 0 Å². The molecule has 0 aromatic carbocycles. The molecule has 70 heavy (non-hydrogen) atoms. The minimum Gasteiger partial charge on any atom is -1.00 e. The summed E-state index contributed by atoms with van der Waals surface area (Å²) in [7, 11) is 0. The van der Waals surface area contributed by atoms with E-state index in [0.717, 1.165) is 0 Å². The number of rotatable bonds is 28. The van der Waals surface area contributed by atoms with Crippen LogP contribution in [0.15, 0.2) is 0 Å². The first-order valence-corrected chi connectivity index (χ1v) is 28.7. The van der Waals surface area contributed by atoms with Crippen molar-refractivity contribution in [2.75, 3.05) is 183 Å². The molecule has 0 heterocycles. The molecule has 0 aliphatic rings. The van der Waals surface area contributed by atoms with E-state index in [9.17, 15) is 0 Å². The van der Waals surface area contributed by atoms with E-state index in [0.29, 0.717) is 0 Å². The van der Waals surface area contributed by atoms with E-state index >= 15 is 0 Å². The maximum Gasteiger partial charge on any atom is 0.0757 e. The van der Waals surface area contributed by atoms with Crippen molar-refractivity contribution < 1.29 is 199 Å². The van der Waals surface area contributed by atoms with Gasteiger partial charge in [0.05, 0.1) is 183 Å². The average Bonchev–Trinajstić information content (AvgIpc) is 3.37. The Hall–Kier alpha value is 4.83. The number of quaternary nitrogens is 7. The van der Waals surface area contributed by atoms with Crippen molar-refractivity contribution in [1.29, 1.82) is 0 Å². The monoisotopic (exact) mass is 1800 g/mol. The van der Waals surface area contributed by atoms with Gasteiger partial charge in [-0.25, -0.2) is 0 Å². The molecule has 0 saturated carbocycles. The molecule has 0 fully saturated rings. The average molecular weight is 1800 g/mol. The first kappa shape index (κ1) is 110. The van der Waals surface area contributed by atoms with Crippen molar-refractivity contribution in [2.45, 2.75) is 194 Å². The molecular weight excluding hydrogens is 1660 g/mol. The van der Waals surface area contributed by atoms with Crippen LogP contribution >= 0.6 is 0 Å². The van der Waals surface area contributed by atoms with Gasteiger partial charge in [-0.1, -0.05) is 0 Å². The Morgan fingerprint density at radius 1 is 0.100 bits per heavy atom. The van der Waals surface area contributed by atoms with Gasteiger partial charge in [-0.05, 0) is 194 Å². The van der Waals surface area contributed by atoms with E-state index in [2.05, 4.69) is 194 Å². The molecule has 0 radical (unpaired) electrons. The summed E-state index contributed by atoms with van der Waals surface area (Å²) in [5.74, 6) is 0. The first-order chi connectivity index (χ1) is 29.7. The number of nitrogens with zero attached hydrogens (tertiary/aromatic N) is 7. The second kappa shape index (κ2) is 69.9. The van der Waals surface area contributed by atoms with Crippen LogP contribution in [-0.4, -0.2) is 215 Å². The molecular formula is C56H140I7N7. The number of hydrogen-bond donors (Lipinski definition) is 0. The lowest BCUT2D eigenvalue weighted by Crippen LogP contribution is -3.00. The van der Waals surface area contributed by atoms with Gasteiger partial charge < -0.3 is 199 Å². The molecule has 0 spiro atoms. The fraction of sp³-hybridized carbons (Fsp3) is 1.00. The first-order valence-electron chi connectivity index (χ1n) is 28.7. The Kier molecular flexibility index (Phi) is 110. The van der Waals surface area contributed by atoms with Crippen molar-refractivity contribution >= 4 is 0 Å². The SMILES string of the molecule is CC[N+](CC)(CC)CC.CC[N+](CC)(CC)CC.CC[N+](CC)(CC)CC.CC[N+](CC)(CC)CC.CC[N+](CC)(CC)CC.CC[N+](CC)(CC)CC.CC[N+](CC)(CC)CC.[I-].[I-].[I-].[I-].[I-].[I-].[I-]. The summed E-state index contributed by atoms with van der Waals surface area (Å²) in [5.41, 5.74) is 0. The Bertz CT molecular complexity index is 562. The Morgan fingerprint density at radius 3 is 0.129 bits per heavy atom. The van der Waals surface area contributed by atoms with Gasteiger partial charge >= 0.3 is 0 Å². The summed E-state index contributed by atoms with van der Waals surface area (Å²) < 4.78 is 8.94. The zero-order chi connectivity index (χ0) is 51.3. The van der Waals surface area contributed by atoms with Gasteiger partial charge in [0.15, 0.2) is 0 Å². The summed E-state index contributed by atoms with van der Waals surface area (Å²) in [6, 6.07) is 0. The third-order valence-corrected chi connectivity index (χ3v) is 18.8. The molecule has 0 aromatic heterocycles. The lowest BCUT2D eigenvalue weighted by Gasteiger charge is -2.34. The van der Waals surface area contributed by atoms with Crippen LogP contribution in [0.25, 0.3) is 0 Å². The lowest BCUT2D eigenvalue weighted by molar-refractivity contribution is -0.921. The predicted octanol–water partition coefficient (Wildman–Crippen LogP) is -7.79. The molecule has 448 valence electrons. The van der Waals surface area contributed by atoms with E-state index in [4.69, 9.17) is 0 Å². The van der Waals surface area contributed by atoms with Gasteiger partial charge in [0.2, 0.25) is 0 Å². The Balaban J connectivity index is -0.0000000428. The molecule has 0 saturated heterocycles. The zero-order valence-corrected chi connectivity index (χ0v) is 68.7. The van der Waals surface area contributed by atoms with Gasteiger partial charge in [0.25, 0.3) is 0 Å². The predicted molar refractivity (Wildman–Crippen MR) is 297 cm³/mol. The minimum atomic E-state index is 0. The molecule has 0 bridgehead atoms.